The molecule has 0 radical (unpaired) electrons. The molecule has 1 aliphatic rings. The number of hydrogen-bond acceptors (Lipinski definition) is 4. The van der Waals surface area contributed by atoms with Gasteiger partial charge in [-0.3, -0.25) is 19.0 Å². The fourth-order valence-corrected chi connectivity index (χ4v) is 2.11. The highest BCUT2D eigenvalue weighted by molar-refractivity contribution is 5.93. The molecule has 19 heavy (non-hydrogen) atoms. The first-order chi connectivity index (χ1) is 9.00. The minimum atomic E-state index is -0.719. The van der Waals surface area contributed by atoms with Crippen LogP contribution in [0, 0.1) is 0 Å². The summed E-state index contributed by atoms with van der Waals surface area (Å²) in [5.41, 5.74) is -1.51. The van der Waals surface area contributed by atoms with Crippen LogP contribution in [0.3, 0.4) is 0 Å². The van der Waals surface area contributed by atoms with Crippen LogP contribution in [0.15, 0.2) is 15.8 Å². The first kappa shape index (κ1) is 13.3. The van der Waals surface area contributed by atoms with Gasteiger partial charge >= 0.3 is 5.69 Å². The van der Waals surface area contributed by atoms with E-state index in [1.807, 2.05) is 0 Å². The monoisotopic (exact) mass is 265 g/mol. The number of amides is 1. The molecule has 1 fully saturated rings. The van der Waals surface area contributed by atoms with Gasteiger partial charge in [0.1, 0.15) is 6.54 Å². The number of hydrogen-bond donors (Lipinski definition) is 1. The maximum atomic E-state index is 11.9. The van der Waals surface area contributed by atoms with Crippen LogP contribution < -0.4 is 11.2 Å². The average molecular weight is 265 g/mol. The maximum Gasteiger partial charge on any atom is 0.328 e. The van der Waals surface area contributed by atoms with Gasteiger partial charge in [0.2, 0.25) is 5.91 Å². The summed E-state index contributed by atoms with van der Waals surface area (Å²) in [5, 5.41) is 0. The first-order valence-electron chi connectivity index (χ1n) is 6.12. The smallest absolute Gasteiger partial charge is 0.328 e. The van der Waals surface area contributed by atoms with Crippen molar-refractivity contribution in [2.24, 2.45) is 0 Å². The van der Waals surface area contributed by atoms with Crippen molar-refractivity contribution in [3.8, 4) is 0 Å². The molecule has 0 spiro atoms. The van der Waals surface area contributed by atoms with E-state index < -0.39 is 17.0 Å². The standard InChI is InChI=1S/C12H15N3O4/c1-8(16)9-6-13-12(19)15(11(9)18)7-10(17)14-4-2-3-5-14/h6H,2-5,7H2,1H3,(H,13,19). The van der Waals surface area contributed by atoms with Gasteiger partial charge in [-0.15, -0.1) is 0 Å². The average Bonchev–Trinajstić information content (AvgIpc) is 2.87. The van der Waals surface area contributed by atoms with Gasteiger partial charge in [-0.2, -0.15) is 0 Å². The molecule has 7 heteroatoms. The summed E-state index contributed by atoms with van der Waals surface area (Å²) in [6.45, 7) is 2.22. The van der Waals surface area contributed by atoms with E-state index in [9.17, 15) is 19.2 Å². The van der Waals surface area contributed by atoms with Crippen molar-refractivity contribution >= 4 is 11.7 Å². The van der Waals surface area contributed by atoms with Crippen molar-refractivity contribution in [2.75, 3.05) is 13.1 Å². The summed E-state index contributed by atoms with van der Waals surface area (Å²) < 4.78 is 0.775. The van der Waals surface area contributed by atoms with Gasteiger partial charge in [0.15, 0.2) is 5.78 Å². The first-order valence-corrected chi connectivity index (χ1v) is 6.12. The van der Waals surface area contributed by atoms with Gasteiger partial charge in [0.05, 0.1) is 5.56 Å². The Kier molecular flexibility index (Phi) is 3.64. The van der Waals surface area contributed by atoms with E-state index in [-0.39, 0.29) is 18.0 Å². The molecule has 0 aliphatic carbocycles. The van der Waals surface area contributed by atoms with Crippen LogP contribution in [0.5, 0.6) is 0 Å². The molecule has 1 saturated heterocycles. The van der Waals surface area contributed by atoms with Crippen LogP contribution in [0.2, 0.25) is 0 Å². The molecule has 1 aliphatic heterocycles. The van der Waals surface area contributed by atoms with Crippen molar-refractivity contribution in [1.82, 2.24) is 14.5 Å². The lowest BCUT2D eigenvalue weighted by Crippen LogP contribution is -2.43. The molecule has 1 aromatic rings. The number of carbonyl (C=O) groups is 2. The highest BCUT2D eigenvalue weighted by Gasteiger charge is 2.20. The van der Waals surface area contributed by atoms with E-state index >= 15 is 0 Å². The molecule has 1 aromatic heterocycles. The zero-order valence-corrected chi connectivity index (χ0v) is 10.6. The summed E-state index contributed by atoms with van der Waals surface area (Å²) in [4.78, 5) is 50.6. The Morgan fingerprint density at radius 2 is 1.89 bits per heavy atom. The Bertz CT molecular complexity index is 623. The van der Waals surface area contributed by atoms with E-state index in [1.165, 1.54) is 6.92 Å². The van der Waals surface area contributed by atoms with E-state index in [0.29, 0.717) is 13.1 Å². The van der Waals surface area contributed by atoms with Crippen molar-refractivity contribution in [3.05, 3.63) is 32.6 Å². The van der Waals surface area contributed by atoms with Gasteiger partial charge in [-0.05, 0) is 19.8 Å². The van der Waals surface area contributed by atoms with Gasteiger partial charge in [0, 0.05) is 19.3 Å². The summed E-state index contributed by atoms with van der Waals surface area (Å²) in [6, 6.07) is 0. The van der Waals surface area contributed by atoms with Crippen molar-refractivity contribution in [3.63, 3.8) is 0 Å². The Morgan fingerprint density at radius 3 is 2.47 bits per heavy atom. The van der Waals surface area contributed by atoms with Gasteiger partial charge < -0.3 is 9.88 Å². The fraction of sp³-hybridized carbons (Fsp3) is 0.500. The number of aromatic nitrogens is 2. The maximum absolute atomic E-state index is 11.9. The highest BCUT2D eigenvalue weighted by Crippen LogP contribution is 2.07. The van der Waals surface area contributed by atoms with E-state index in [2.05, 4.69) is 4.98 Å². The molecule has 102 valence electrons. The molecule has 7 nitrogen and oxygen atoms in total. The number of likely N-dealkylation sites (tertiary alicyclic amines) is 1. The number of Topliss-reactive ketones (excluding diaryl/α,β-unsaturated/α-hetero) is 1. The minimum Gasteiger partial charge on any atom is -0.341 e. The molecule has 2 rings (SSSR count). The predicted octanol–water partition coefficient (Wildman–Crippen LogP) is -0.638. The Balaban J connectivity index is 2.31. The molecule has 0 saturated carbocycles. The van der Waals surface area contributed by atoms with Crippen molar-refractivity contribution in [2.45, 2.75) is 26.3 Å². The molecule has 0 bridgehead atoms. The van der Waals surface area contributed by atoms with E-state index in [1.54, 1.807) is 4.90 Å². The molecule has 2 heterocycles. The van der Waals surface area contributed by atoms with Gasteiger partial charge in [0.25, 0.3) is 5.56 Å². The Morgan fingerprint density at radius 1 is 1.26 bits per heavy atom. The fourth-order valence-electron chi connectivity index (χ4n) is 2.11. The normalized spacial score (nSPS) is 14.7. The van der Waals surface area contributed by atoms with Crippen molar-refractivity contribution in [1.29, 1.82) is 0 Å². The zero-order valence-electron chi connectivity index (χ0n) is 10.6. The Hall–Kier alpha value is -2.18. The molecule has 0 aromatic carbocycles. The van der Waals surface area contributed by atoms with Crippen LogP contribution in [0.4, 0.5) is 0 Å². The largest absolute Gasteiger partial charge is 0.341 e. The zero-order chi connectivity index (χ0) is 14.0. The number of rotatable bonds is 3. The Labute approximate surface area is 108 Å². The molecular weight excluding hydrogens is 250 g/mol. The minimum absolute atomic E-state index is 0.117. The van der Waals surface area contributed by atoms with E-state index in [0.717, 1.165) is 23.6 Å². The second-order valence-electron chi connectivity index (χ2n) is 4.54. The lowest BCUT2D eigenvalue weighted by molar-refractivity contribution is -0.130. The lowest BCUT2D eigenvalue weighted by atomic mass is 10.2. The van der Waals surface area contributed by atoms with Crippen LogP contribution >= 0.6 is 0 Å². The van der Waals surface area contributed by atoms with Crippen LogP contribution in [-0.4, -0.2) is 39.2 Å². The van der Waals surface area contributed by atoms with E-state index in [4.69, 9.17) is 0 Å². The number of nitrogens with zero attached hydrogens (tertiary/aromatic N) is 2. The topological polar surface area (TPSA) is 92.2 Å². The van der Waals surface area contributed by atoms with Gasteiger partial charge in [-0.1, -0.05) is 0 Å². The number of H-pyrrole nitrogens is 1. The van der Waals surface area contributed by atoms with Gasteiger partial charge in [-0.25, -0.2) is 4.79 Å². The summed E-state index contributed by atoms with van der Waals surface area (Å²) in [6.07, 6.45) is 2.96. The number of ketones is 1. The lowest BCUT2D eigenvalue weighted by Gasteiger charge is -2.15. The number of nitrogens with one attached hydrogen (secondary N) is 1. The second kappa shape index (κ2) is 5.21. The molecule has 0 unspecified atom stereocenters. The van der Waals surface area contributed by atoms with Crippen LogP contribution in [0.25, 0.3) is 0 Å². The molecular formula is C12H15N3O4. The summed E-state index contributed by atoms with van der Waals surface area (Å²) in [5.74, 6) is -0.713. The SMILES string of the molecule is CC(=O)c1c[nH]c(=O)n(CC(=O)N2CCCC2)c1=O. The molecule has 0 atom stereocenters. The number of aromatic amines is 1. The molecule has 1 amide bonds. The third kappa shape index (κ3) is 2.64. The second-order valence-corrected chi connectivity index (χ2v) is 4.54. The predicted molar refractivity (Wildman–Crippen MR) is 67.1 cm³/mol. The van der Waals surface area contributed by atoms with Crippen LogP contribution in [-0.2, 0) is 11.3 Å². The highest BCUT2D eigenvalue weighted by atomic mass is 16.2. The van der Waals surface area contributed by atoms with Crippen molar-refractivity contribution < 1.29 is 9.59 Å². The third-order valence-corrected chi connectivity index (χ3v) is 3.19. The third-order valence-electron chi connectivity index (χ3n) is 3.19. The quantitative estimate of drug-likeness (QED) is 0.736. The molecule has 1 N–H and O–H groups in total. The van der Waals surface area contributed by atoms with Crippen LogP contribution in [0.1, 0.15) is 30.1 Å². The number of carbonyl (C=O) groups excluding carboxylic acids is 2. The summed E-state index contributed by atoms with van der Waals surface area (Å²) in [7, 11) is 0. The summed E-state index contributed by atoms with van der Waals surface area (Å²) >= 11 is 0.